The van der Waals surface area contributed by atoms with Crippen molar-refractivity contribution in [1.29, 1.82) is 0 Å². The molecule has 2 aliphatic rings. The maximum atomic E-state index is 5.94. The summed E-state index contributed by atoms with van der Waals surface area (Å²) in [6.07, 6.45) is 11.4. The molecule has 0 unspecified atom stereocenters. The minimum absolute atomic E-state index is 0.486. The predicted octanol–water partition coefficient (Wildman–Crippen LogP) is 6.53. The highest BCUT2D eigenvalue weighted by molar-refractivity contribution is 5.54. The minimum Gasteiger partial charge on any atom is -0.489 e. The number of ether oxygens (including phenoxy) is 1. The molecule has 4 rings (SSSR count). The number of anilines is 2. The molecule has 2 aliphatic carbocycles. The molecule has 0 aliphatic heterocycles. The first-order chi connectivity index (χ1) is 14.1. The Balaban J connectivity index is 1.27. The van der Waals surface area contributed by atoms with E-state index in [1.165, 1.54) is 56.9 Å². The molecule has 2 fully saturated rings. The van der Waals surface area contributed by atoms with E-state index in [9.17, 15) is 0 Å². The van der Waals surface area contributed by atoms with Crippen LogP contribution in [0.4, 0.5) is 11.4 Å². The van der Waals surface area contributed by atoms with Gasteiger partial charge >= 0.3 is 0 Å². The highest BCUT2D eigenvalue weighted by atomic mass is 16.5. The molecular weight excluding hydrogens is 356 g/mol. The van der Waals surface area contributed by atoms with Gasteiger partial charge in [0, 0.05) is 11.4 Å². The van der Waals surface area contributed by atoms with Crippen LogP contribution in [0.5, 0.6) is 5.75 Å². The molecule has 3 nitrogen and oxygen atoms in total. The van der Waals surface area contributed by atoms with E-state index >= 15 is 0 Å². The lowest BCUT2D eigenvalue weighted by atomic mass is 9.68. The summed E-state index contributed by atoms with van der Waals surface area (Å²) in [7, 11) is 0. The van der Waals surface area contributed by atoms with Crippen LogP contribution in [0.2, 0.25) is 0 Å². The van der Waals surface area contributed by atoms with Gasteiger partial charge in [-0.3, -0.25) is 0 Å². The van der Waals surface area contributed by atoms with Gasteiger partial charge in [0.2, 0.25) is 0 Å². The number of rotatable bonds is 5. The van der Waals surface area contributed by atoms with Gasteiger partial charge in [-0.05, 0) is 104 Å². The van der Waals surface area contributed by atoms with Gasteiger partial charge in [-0.2, -0.15) is 0 Å². The lowest BCUT2D eigenvalue weighted by Crippen LogP contribution is -2.24. The molecule has 29 heavy (non-hydrogen) atoms. The fourth-order valence-corrected chi connectivity index (χ4v) is 5.51. The molecule has 0 heterocycles. The molecule has 0 atom stereocenters. The molecule has 2 aromatic carbocycles. The summed E-state index contributed by atoms with van der Waals surface area (Å²) in [4.78, 5) is 0. The highest BCUT2D eigenvalue weighted by Gasteiger charge is 2.30. The smallest absolute Gasteiger partial charge is 0.119 e. The summed E-state index contributed by atoms with van der Waals surface area (Å²) < 4.78 is 5.94. The third kappa shape index (κ3) is 5.26. The molecule has 0 saturated heterocycles. The second kappa shape index (κ2) is 9.11. The van der Waals surface area contributed by atoms with Crippen molar-refractivity contribution in [2.75, 3.05) is 11.5 Å². The van der Waals surface area contributed by atoms with E-state index in [0.29, 0.717) is 18.0 Å². The van der Waals surface area contributed by atoms with Gasteiger partial charge in [-0.25, -0.2) is 0 Å². The van der Waals surface area contributed by atoms with E-state index in [-0.39, 0.29) is 0 Å². The minimum atomic E-state index is 0.486. The topological polar surface area (TPSA) is 61.3 Å². The van der Waals surface area contributed by atoms with Crippen molar-refractivity contribution in [3.63, 3.8) is 0 Å². The third-order valence-electron chi connectivity index (χ3n) is 7.29. The van der Waals surface area contributed by atoms with E-state index in [1.54, 1.807) is 6.07 Å². The van der Waals surface area contributed by atoms with E-state index in [2.05, 4.69) is 31.2 Å². The molecule has 156 valence electrons. The van der Waals surface area contributed by atoms with Gasteiger partial charge in [0.1, 0.15) is 12.4 Å². The Hall–Kier alpha value is -2.16. The van der Waals surface area contributed by atoms with Crippen molar-refractivity contribution in [2.45, 2.75) is 70.8 Å². The van der Waals surface area contributed by atoms with E-state index in [1.807, 2.05) is 12.1 Å². The quantitative estimate of drug-likeness (QED) is 0.569. The lowest BCUT2D eigenvalue weighted by Gasteiger charge is -2.37. The SMILES string of the molecule is CC1CCC(C2CCC(c3ccc(OCc4cc(N)cc(N)c4)cc3)CC2)CC1. The first-order valence-electron chi connectivity index (χ1n) is 11.4. The second-order valence-corrected chi connectivity index (χ2v) is 9.50. The molecule has 0 radical (unpaired) electrons. The van der Waals surface area contributed by atoms with Crippen LogP contribution in [0.3, 0.4) is 0 Å². The molecule has 4 N–H and O–H groups in total. The van der Waals surface area contributed by atoms with Gasteiger partial charge in [0.15, 0.2) is 0 Å². The van der Waals surface area contributed by atoms with Crippen molar-refractivity contribution in [2.24, 2.45) is 17.8 Å². The van der Waals surface area contributed by atoms with Crippen LogP contribution in [0.1, 0.15) is 75.3 Å². The lowest BCUT2D eigenvalue weighted by molar-refractivity contribution is 0.165. The van der Waals surface area contributed by atoms with E-state index in [0.717, 1.165) is 35.0 Å². The van der Waals surface area contributed by atoms with Gasteiger partial charge in [0.25, 0.3) is 0 Å². The summed E-state index contributed by atoms with van der Waals surface area (Å²) in [6.45, 7) is 2.91. The van der Waals surface area contributed by atoms with Crippen LogP contribution >= 0.6 is 0 Å². The van der Waals surface area contributed by atoms with Crippen molar-refractivity contribution in [3.05, 3.63) is 53.6 Å². The molecule has 0 spiro atoms. The highest BCUT2D eigenvalue weighted by Crippen LogP contribution is 2.43. The van der Waals surface area contributed by atoms with Gasteiger partial charge in [-0.15, -0.1) is 0 Å². The Bertz CT molecular complexity index is 765. The molecule has 2 saturated carbocycles. The summed E-state index contributed by atoms with van der Waals surface area (Å²) >= 11 is 0. The van der Waals surface area contributed by atoms with Gasteiger partial charge < -0.3 is 16.2 Å². The Morgan fingerprint density at radius 1 is 0.759 bits per heavy atom. The van der Waals surface area contributed by atoms with Crippen LogP contribution in [0, 0.1) is 17.8 Å². The van der Waals surface area contributed by atoms with Crippen LogP contribution in [-0.2, 0) is 6.61 Å². The monoisotopic (exact) mass is 392 g/mol. The van der Waals surface area contributed by atoms with Gasteiger partial charge in [0.05, 0.1) is 0 Å². The third-order valence-corrected chi connectivity index (χ3v) is 7.29. The average molecular weight is 393 g/mol. The van der Waals surface area contributed by atoms with Crippen LogP contribution in [0.15, 0.2) is 42.5 Å². The van der Waals surface area contributed by atoms with Crippen LogP contribution in [0.25, 0.3) is 0 Å². The Labute approximate surface area is 175 Å². The van der Waals surface area contributed by atoms with E-state index in [4.69, 9.17) is 16.2 Å². The standard InChI is InChI=1S/C26H36N2O/c1-18-2-4-20(5-3-18)21-6-8-22(9-7-21)23-10-12-26(13-11-23)29-17-19-14-24(27)16-25(28)15-19/h10-16,18,20-22H,2-9,17,27-28H2,1H3. The fourth-order valence-electron chi connectivity index (χ4n) is 5.51. The maximum Gasteiger partial charge on any atom is 0.119 e. The average Bonchev–Trinajstić information content (AvgIpc) is 2.73. The largest absolute Gasteiger partial charge is 0.489 e. The first kappa shape index (κ1) is 20.1. The Morgan fingerprint density at radius 2 is 1.31 bits per heavy atom. The van der Waals surface area contributed by atoms with Crippen LogP contribution < -0.4 is 16.2 Å². The normalized spacial score (nSPS) is 27.5. The second-order valence-electron chi connectivity index (χ2n) is 9.50. The summed E-state index contributed by atoms with van der Waals surface area (Å²) in [5, 5.41) is 0. The van der Waals surface area contributed by atoms with Crippen LogP contribution in [-0.4, -0.2) is 0 Å². The first-order valence-corrected chi connectivity index (χ1v) is 11.4. The summed E-state index contributed by atoms with van der Waals surface area (Å²) in [5.74, 6) is 4.56. The number of hydrogen-bond acceptors (Lipinski definition) is 3. The zero-order valence-electron chi connectivity index (χ0n) is 17.8. The molecule has 0 aromatic heterocycles. The zero-order valence-corrected chi connectivity index (χ0v) is 17.8. The molecule has 0 amide bonds. The summed E-state index contributed by atoms with van der Waals surface area (Å²) in [6, 6.07) is 14.3. The predicted molar refractivity (Wildman–Crippen MR) is 122 cm³/mol. The fraction of sp³-hybridized carbons (Fsp3) is 0.538. The number of hydrogen-bond donors (Lipinski definition) is 2. The number of nitrogen functional groups attached to an aromatic ring is 2. The molecule has 3 heteroatoms. The number of benzene rings is 2. The maximum absolute atomic E-state index is 5.94. The summed E-state index contributed by atoms with van der Waals surface area (Å²) in [5.41, 5.74) is 15.5. The Morgan fingerprint density at radius 3 is 1.90 bits per heavy atom. The van der Waals surface area contributed by atoms with Crippen molar-refractivity contribution in [3.8, 4) is 5.75 Å². The van der Waals surface area contributed by atoms with Gasteiger partial charge in [-0.1, -0.05) is 31.9 Å². The molecule has 0 bridgehead atoms. The zero-order chi connectivity index (χ0) is 20.2. The Kier molecular flexibility index (Phi) is 6.32. The number of nitrogens with two attached hydrogens (primary N) is 2. The molecular formula is C26H36N2O. The van der Waals surface area contributed by atoms with Crippen molar-refractivity contribution >= 4 is 11.4 Å². The van der Waals surface area contributed by atoms with Crippen molar-refractivity contribution in [1.82, 2.24) is 0 Å². The van der Waals surface area contributed by atoms with E-state index < -0.39 is 0 Å². The van der Waals surface area contributed by atoms with Crippen molar-refractivity contribution < 1.29 is 4.74 Å². The molecule has 2 aromatic rings.